The number of hydrogen-bond donors (Lipinski definition) is 2. The van der Waals surface area contributed by atoms with Crippen LogP contribution < -0.4 is 5.32 Å². The van der Waals surface area contributed by atoms with E-state index in [1.807, 2.05) is 29.8 Å². The molecule has 0 aliphatic heterocycles. The van der Waals surface area contributed by atoms with Crippen LogP contribution in [0.4, 0.5) is 0 Å². The summed E-state index contributed by atoms with van der Waals surface area (Å²) in [6.45, 7) is 1.95. The van der Waals surface area contributed by atoms with Crippen molar-refractivity contribution in [1.82, 2.24) is 5.32 Å². The highest BCUT2D eigenvalue weighted by Crippen LogP contribution is 2.15. The van der Waals surface area contributed by atoms with Crippen LogP contribution in [-0.2, 0) is 0 Å². The molecule has 2 N–H and O–H groups in total. The zero-order valence-corrected chi connectivity index (χ0v) is 10.2. The standard InChI is InChI=1S/C11H10N2OS2/c1-7-2-3-9(16-7)11(14)13-10(12)8-4-5-15-6-8/h2-6H,1H3,(H2,12,13,14). The molecule has 2 heterocycles. The van der Waals surface area contributed by atoms with E-state index < -0.39 is 0 Å². The van der Waals surface area contributed by atoms with Crippen LogP contribution >= 0.6 is 22.7 Å². The van der Waals surface area contributed by atoms with Crippen molar-refractivity contribution in [2.75, 3.05) is 0 Å². The van der Waals surface area contributed by atoms with Crippen LogP contribution in [-0.4, -0.2) is 11.7 Å². The third-order valence-electron chi connectivity index (χ3n) is 2.01. The molecule has 3 nitrogen and oxygen atoms in total. The summed E-state index contributed by atoms with van der Waals surface area (Å²) in [6, 6.07) is 5.48. The predicted molar refractivity (Wildman–Crippen MR) is 67.7 cm³/mol. The second-order valence-corrected chi connectivity index (χ2v) is 5.32. The summed E-state index contributed by atoms with van der Waals surface area (Å²) in [5.41, 5.74) is 0.742. The smallest absolute Gasteiger partial charge is 0.266 e. The van der Waals surface area contributed by atoms with Crippen molar-refractivity contribution < 1.29 is 4.79 Å². The van der Waals surface area contributed by atoms with E-state index in [-0.39, 0.29) is 11.7 Å². The molecule has 1 amide bonds. The highest BCUT2D eigenvalue weighted by Gasteiger charge is 2.10. The van der Waals surface area contributed by atoms with Crippen LogP contribution in [0.1, 0.15) is 20.1 Å². The highest BCUT2D eigenvalue weighted by atomic mass is 32.1. The van der Waals surface area contributed by atoms with Crippen molar-refractivity contribution in [3.05, 3.63) is 44.3 Å². The van der Waals surface area contributed by atoms with E-state index in [2.05, 4.69) is 5.32 Å². The van der Waals surface area contributed by atoms with Gasteiger partial charge in [-0.25, -0.2) is 0 Å². The van der Waals surface area contributed by atoms with Crippen LogP contribution in [0.2, 0.25) is 0 Å². The molecule has 0 aromatic carbocycles. The number of rotatable bonds is 2. The van der Waals surface area contributed by atoms with Gasteiger partial charge in [-0.05, 0) is 30.5 Å². The van der Waals surface area contributed by atoms with Gasteiger partial charge in [0.1, 0.15) is 5.84 Å². The maximum atomic E-state index is 11.7. The van der Waals surface area contributed by atoms with E-state index in [4.69, 9.17) is 5.41 Å². The van der Waals surface area contributed by atoms with Gasteiger partial charge in [-0.1, -0.05) is 0 Å². The van der Waals surface area contributed by atoms with Crippen LogP contribution in [0.15, 0.2) is 29.0 Å². The average Bonchev–Trinajstić information content (AvgIpc) is 2.87. The summed E-state index contributed by atoms with van der Waals surface area (Å²) in [5, 5.41) is 14.0. The molecule has 2 aromatic rings. The molecule has 0 fully saturated rings. The number of hydrogen-bond acceptors (Lipinski definition) is 4. The fraction of sp³-hybridized carbons (Fsp3) is 0.0909. The number of thiophene rings is 2. The zero-order chi connectivity index (χ0) is 11.5. The Morgan fingerprint density at radius 3 is 2.75 bits per heavy atom. The Labute approximate surface area is 101 Å². The molecular formula is C11H10N2OS2. The lowest BCUT2D eigenvalue weighted by Crippen LogP contribution is -2.29. The summed E-state index contributed by atoms with van der Waals surface area (Å²) in [6.07, 6.45) is 0. The van der Waals surface area contributed by atoms with Crippen LogP contribution in [0.5, 0.6) is 0 Å². The maximum absolute atomic E-state index is 11.7. The number of carbonyl (C=O) groups is 1. The topological polar surface area (TPSA) is 53.0 Å². The first-order valence-electron chi connectivity index (χ1n) is 4.66. The molecule has 0 bridgehead atoms. The first-order chi connectivity index (χ1) is 7.66. The molecule has 5 heteroatoms. The summed E-state index contributed by atoms with van der Waals surface area (Å²) >= 11 is 2.93. The number of nitrogens with one attached hydrogen (secondary N) is 2. The third-order valence-corrected chi connectivity index (χ3v) is 3.70. The Balaban J connectivity index is 2.06. The molecule has 0 atom stereocenters. The molecule has 0 saturated heterocycles. The van der Waals surface area contributed by atoms with Gasteiger partial charge in [-0.2, -0.15) is 11.3 Å². The van der Waals surface area contributed by atoms with Crippen molar-refractivity contribution in [2.24, 2.45) is 0 Å². The van der Waals surface area contributed by atoms with Gasteiger partial charge in [0.05, 0.1) is 4.88 Å². The minimum atomic E-state index is -0.214. The molecule has 2 aromatic heterocycles. The molecule has 0 radical (unpaired) electrons. The highest BCUT2D eigenvalue weighted by molar-refractivity contribution is 7.14. The lowest BCUT2D eigenvalue weighted by atomic mass is 10.3. The van der Waals surface area contributed by atoms with Crippen molar-refractivity contribution in [3.63, 3.8) is 0 Å². The van der Waals surface area contributed by atoms with E-state index in [0.29, 0.717) is 4.88 Å². The van der Waals surface area contributed by atoms with Gasteiger partial charge in [-0.3, -0.25) is 10.2 Å². The lowest BCUT2D eigenvalue weighted by Gasteiger charge is -2.02. The SMILES string of the molecule is Cc1ccc(C(=O)NC(=N)c2ccsc2)s1. The van der Waals surface area contributed by atoms with E-state index in [1.165, 1.54) is 22.7 Å². The number of aryl methyl sites for hydroxylation is 1. The monoisotopic (exact) mass is 250 g/mol. The van der Waals surface area contributed by atoms with Crippen LogP contribution in [0, 0.1) is 12.3 Å². The summed E-state index contributed by atoms with van der Waals surface area (Å²) in [4.78, 5) is 13.5. The maximum Gasteiger partial charge on any atom is 0.266 e. The molecular weight excluding hydrogens is 240 g/mol. The van der Waals surface area contributed by atoms with Gasteiger partial charge < -0.3 is 5.32 Å². The summed E-state index contributed by atoms with van der Waals surface area (Å²) < 4.78 is 0. The van der Waals surface area contributed by atoms with Crippen molar-refractivity contribution >= 4 is 34.4 Å². The Morgan fingerprint density at radius 1 is 1.38 bits per heavy atom. The molecule has 2 rings (SSSR count). The molecule has 82 valence electrons. The first kappa shape index (κ1) is 11.0. The van der Waals surface area contributed by atoms with Crippen molar-refractivity contribution in [3.8, 4) is 0 Å². The van der Waals surface area contributed by atoms with E-state index >= 15 is 0 Å². The van der Waals surface area contributed by atoms with Crippen molar-refractivity contribution in [2.45, 2.75) is 6.92 Å². The lowest BCUT2D eigenvalue weighted by molar-refractivity contribution is 0.0981. The second kappa shape index (κ2) is 4.59. The molecule has 0 aliphatic rings. The molecule has 0 spiro atoms. The number of amides is 1. The zero-order valence-electron chi connectivity index (χ0n) is 8.61. The van der Waals surface area contributed by atoms with Gasteiger partial charge >= 0.3 is 0 Å². The number of amidine groups is 1. The van der Waals surface area contributed by atoms with Gasteiger partial charge in [0.15, 0.2) is 0 Å². The molecule has 0 aliphatic carbocycles. The quantitative estimate of drug-likeness (QED) is 0.625. The molecule has 0 unspecified atom stereocenters. The van der Waals surface area contributed by atoms with Gasteiger partial charge in [0.2, 0.25) is 0 Å². The van der Waals surface area contributed by atoms with Crippen molar-refractivity contribution in [1.29, 1.82) is 5.41 Å². The predicted octanol–water partition coefficient (Wildman–Crippen LogP) is 2.87. The van der Waals surface area contributed by atoms with E-state index in [0.717, 1.165) is 10.4 Å². The second-order valence-electron chi connectivity index (χ2n) is 3.25. The normalized spacial score (nSPS) is 10.1. The fourth-order valence-electron chi connectivity index (χ4n) is 1.21. The average molecular weight is 250 g/mol. The van der Waals surface area contributed by atoms with Crippen LogP contribution in [0.3, 0.4) is 0 Å². The molecule has 0 saturated carbocycles. The first-order valence-corrected chi connectivity index (χ1v) is 6.41. The van der Waals surface area contributed by atoms with Gasteiger partial charge in [0.25, 0.3) is 5.91 Å². The van der Waals surface area contributed by atoms with Gasteiger partial charge in [-0.15, -0.1) is 11.3 Å². The Bertz CT molecular complexity index is 514. The Hall–Kier alpha value is -1.46. The third kappa shape index (κ3) is 2.37. The van der Waals surface area contributed by atoms with E-state index in [9.17, 15) is 4.79 Å². The van der Waals surface area contributed by atoms with E-state index in [1.54, 1.807) is 6.07 Å². The largest absolute Gasteiger partial charge is 0.306 e. The Morgan fingerprint density at radius 2 is 2.19 bits per heavy atom. The Kier molecular flexibility index (Phi) is 3.17. The van der Waals surface area contributed by atoms with Gasteiger partial charge in [0, 0.05) is 15.8 Å². The minimum Gasteiger partial charge on any atom is -0.306 e. The molecule has 16 heavy (non-hydrogen) atoms. The summed E-state index contributed by atoms with van der Waals surface area (Å²) in [7, 11) is 0. The minimum absolute atomic E-state index is 0.150. The summed E-state index contributed by atoms with van der Waals surface area (Å²) in [5.74, 6) is -0.0633. The fourth-order valence-corrected chi connectivity index (χ4v) is 2.62. The van der Waals surface area contributed by atoms with Crippen LogP contribution in [0.25, 0.3) is 0 Å². The number of carbonyl (C=O) groups excluding carboxylic acids is 1.